The van der Waals surface area contributed by atoms with E-state index in [0.29, 0.717) is 25.1 Å². The van der Waals surface area contributed by atoms with E-state index in [-0.39, 0.29) is 23.7 Å². The minimum Gasteiger partial charge on any atom is -0.481 e. The summed E-state index contributed by atoms with van der Waals surface area (Å²) in [6.07, 6.45) is 2.64. The van der Waals surface area contributed by atoms with Crippen molar-refractivity contribution in [2.24, 2.45) is 5.92 Å². The molecule has 10 heteroatoms. The molecule has 1 heterocycles. The highest BCUT2D eigenvalue weighted by Gasteiger charge is 2.34. The number of hydrogen-bond acceptors (Lipinski definition) is 6. The zero-order chi connectivity index (χ0) is 20.0. The second kappa shape index (κ2) is 9.36. The van der Waals surface area contributed by atoms with Crippen LogP contribution in [0, 0.1) is 16.0 Å². The van der Waals surface area contributed by atoms with Crippen LogP contribution in [0.4, 0.5) is 5.69 Å². The standard InChI is InChI=1S/C17H21N3O6S/c1-27-8-6-14(16(22)19-7-5-12(10-19)17(23)24)18-15(21)11-3-2-4-13(9-11)20(25)26/h2-4,9,12,14H,5-8,10H2,1H3,(H,18,21)(H,23,24). The van der Waals surface area contributed by atoms with Gasteiger partial charge >= 0.3 is 5.97 Å². The summed E-state index contributed by atoms with van der Waals surface area (Å²) in [7, 11) is 0. The Morgan fingerprint density at radius 1 is 1.44 bits per heavy atom. The van der Waals surface area contributed by atoms with Gasteiger partial charge in [0, 0.05) is 30.8 Å². The molecule has 0 bridgehead atoms. The van der Waals surface area contributed by atoms with Crippen LogP contribution in [0.15, 0.2) is 24.3 Å². The number of aliphatic carboxylic acids is 1. The predicted molar refractivity (Wildman–Crippen MR) is 99.7 cm³/mol. The van der Waals surface area contributed by atoms with E-state index < -0.39 is 28.8 Å². The monoisotopic (exact) mass is 395 g/mol. The summed E-state index contributed by atoms with van der Waals surface area (Å²) in [5, 5.41) is 22.6. The number of nitrogens with one attached hydrogen (secondary N) is 1. The van der Waals surface area contributed by atoms with Crippen LogP contribution in [-0.4, -0.2) is 63.9 Å². The summed E-state index contributed by atoms with van der Waals surface area (Å²) in [4.78, 5) is 48.1. The third-order valence-electron chi connectivity index (χ3n) is 4.38. The second-order valence-corrected chi connectivity index (χ2v) is 7.21. The van der Waals surface area contributed by atoms with Gasteiger partial charge in [0.1, 0.15) is 6.04 Å². The molecule has 9 nitrogen and oxygen atoms in total. The number of likely N-dealkylation sites (tertiary alicyclic amines) is 1. The smallest absolute Gasteiger partial charge is 0.308 e. The van der Waals surface area contributed by atoms with Gasteiger partial charge in [0.2, 0.25) is 5.91 Å². The van der Waals surface area contributed by atoms with Gasteiger partial charge in [-0.25, -0.2) is 0 Å². The molecule has 0 aromatic heterocycles. The fourth-order valence-corrected chi connectivity index (χ4v) is 3.35. The number of rotatable bonds is 8. The molecule has 2 unspecified atom stereocenters. The van der Waals surface area contributed by atoms with Crippen LogP contribution in [0.1, 0.15) is 23.2 Å². The number of carbonyl (C=O) groups excluding carboxylic acids is 2. The zero-order valence-electron chi connectivity index (χ0n) is 14.8. The number of hydrogen-bond donors (Lipinski definition) is 2. The van der Waals surface area contributed by atoms with E-state index in [1.54, 1.807) is 0 Å². The number of carboxylic acids is 1. The fraction of sp³-hybridized carbons (Fsp3) is 0.471. The molecule has 2 atom stereocenters. The van der Waals surface area contributed by atoms with Gasteiger partial charge in [-0.1, -0.05) is 6.07 Å². The van der Waals surface area contributed by atoms with Gasteiger partial charge in [-0.15, -0.1) is 0 Å². The molecule has 1 fully saturated rings. The maximum atomic E-state index is 12.8. The van der Waals surface area contributed by atoms with E-state index in [1.165, 1.54) is 34.9 Å². The number of nitrogens with zero attached hydrogens (tertiary/aromatic N) is 2. The van der Waals surface area contributed by atoms with Crippen molar-refractivity contribution in [3.8, 4) is 0 Å². The Kier molecular flexibility index (Phi) is 7.17. The van der Waals surface area contributed by atoms with Crippen LogP contribution < -0.4 is 5.32 Å². The van der Waals surface area contributed by atoms with Crippen LogP contribution in [0.5, 0.6) is 0 Å². The molecule has 1 aromatic carbocycles. The van der Waals surface area contributed by atoms with Crippen LogP contribution in [-0.2, 0) is 9.59 Å². The van der Waals surface area contributed by atoms with Gasteiger partial charge in [-0.2, -0.15) is 11.8 Å². The number of benzene rings is 1. The molecule has 0 radical (unpaired) electrons. The minimum absolute atomic E-state index is 0.0935. The lowest BCUT2D eigenvalue weighted by atomic mass is 10.1. The molecular formula is C17H21N3O6S. The minimum atomic E-state index is -0.938. The number of carboxylic acid groups (broad SMARTS) is 1. The molecule has 27 heavy (non-hydrogen) atoms. The molecule has 2 N–H and O–H groups in total. The van der Waals surface area contributed by atoms with Gasteiger partial charge < -0.3 is 15.3 Å². The molecule has 0 aliphatic carbocycles. The van der Waals surface area contributed by atoms with Crippen LogP contribution in [0.25, 0.3) is 0 Å². The largest absolute Gasteiger partial charge is 0.481 e. The van der Waals surface area contributed by atoms with Gasteiger partial charge in [-0.05, 0) is 30.9 Å². The lowest BCUT2D eigenvalue weighted by Crippen LogP contribution is -2.48. The van der Waals surface area contributed by atoms with E-state index in [2.05, 4.69) is 5.32 Å². The van der Waals surface area contributed by atoms with E-state index in [0.717, 1.165) is 6.07 Å². The Balaban J connectivity index is 2.10. The highest BCUT2D eigenvalue weighted by Crippen LogP contribution is 2.19. The molecular weight excluding hydrogens is 374 g/mol. The maximum absolute atomic E-state index is 12.8. The molecule has 2 amide bonds. The molecule has 1 aliphatic heterocycles. The molecule has 0 spiro atoms. The lowest BCUT2D eigenvalue weighted by molar-refractivity contribution is -0.384. The third kappa shape index (κ3) is 5.43. The van der Waals surface area contributed by atoms with Crippen molar-refractivity contribution in [3.05, 3.63) is 39.9 Å². The normalized spacial score (nSPS) is 17.4. The van der Waals surface area contributed by atoms with Gasteiger partial charge in [0.15, 0.2) is 0 Å². The Labute approximate surface area is 160 Å². The summed E-state index contributed by atoms with van der Waals surface area (Å²) in [5.41, 5.74) is -0.116. The number of non-ortho nitro benzene ring substituents is 1. The lowest BCUT2D eigenvalue weighted by Gasteiger charge is -2.24. The maximum Gasteiger partial charge on any atom is 0.308 e. The van der Waals surface area contributed by atoms with Crippen molar-refractivity contribution in [1.29, 1.82) is 0 Å². The summed E-state index contributed by atoms with van der Waals surface area (Å²) in [6.45, 7) is 0.453. The van der Waals surface area contributed by atoms with Crippen molar-refractivity contribution in [1.82, 2.24) is 10.2 Å². The number of carbonyl (C=O) groups is 3. The number of thioether (sulfide) groups is 1. The first-order chi connectivity index (χ1) is 12.8. The third-order valence-corrected chi connectivity index (χ3v) is 5.03. The molecule has 146 valence electrons. The van der Waals surface area contributed by atoms with Crippen molar-refractivity contribution >= 4 is 35.2 Å². The summed E-state index contributed by atoms with van der Waals surface area (Å²) < 4.78 is 0. The van der Waals surface area contributed by atoms with E-state index >= 15 is 0 Å². The Bertz CT molecular complexity index is 741. The number of amides is 2. The van der Waals surface area contributed by atoms with Gasteiger partial charge in [-0.3, -0.25) is 24.5 Å². The topological polar surface area (TPSA) is 130 Å². The number of nitro groups is 1. The van der Waals surface area contributed by atoms with E-state index in [9.17, 15) is 24.5 Å². The van der Waals surface area contributed by atoms with E-state index in [4.69, 9.17) is 5.11 Å². The van der Waals surface area contributed by atoms with Crippen LogP contribution >= 0.6 is 11.8 Å². The Hall–Kier alpha value is -2.62. The number of nitro benzene ring substituents is 1. The second-order valence-electron chi connectivity index (χ2n) is 6.22. The first-order valence-corrected chi connectivity index (χ1v) is 9.78. The summed E-state index contributed by atoms with van der Waals surface area (Å²) in [6, 6.07) is 4.47. The van der Waals surface area contributed by atoms with Crippen LogP contribution in [0.3, 0.4) is 0 Å². The molecule has 0 saturated carbocycles. The van der Waals surface area contributed by atoms with Crippen molar-refractivity contribution in [2.45, 2.75) is 18.9 Å². The van der Waals surface area contributed by atoms with Gasteiger partial charge in [0.25, 0.3) is 11.6 Å². The molecule has 1 aromatic rings. The molecule has 1 saturated heterocycles. The van der Waals surface area contributed by atoms with Gasteiger partial charge in [0.05, 0.1) is 10.8 Å². The average molecular weight is 395 g/mol. The highest BCUT2D eigenvalue weighted by atomic mass is 32.2. The molecule has 1 aliphatic rings. The first kappa shape index (κ1) is 20.7. The Morgan fingerprint density at radius 2 is 2.19 bits per heavy atom. The summed E-state index contributed by atoms with van der Waals surface area (Å²) >= 11 is 1.52. The van der Waals surface area contributed by atoms with Crippen molar-refractivity contribution in [2.75, 3.05) is 25.1 Å². The predicted octanol–water partition coefficient (Wildman–Crippen LogP) is 1.38. The zero-order valence-corrected chi connectivity index (χ0v) is 15.6. The quantitative estimate of drug-likeness (QED) is 0.502. The molecule has 2 rings (SSSR count). The SMILES string of the molecule is CSCCC(NC(=O)c1cccc([N+](=O)[O-])c1)C(=O)N1CCC(C(=O)O)C1. The highest BCUT2D eigenvalue weighted by molar-refractivity contribution is 7.98. The van der Waals surface area contributed by atoms with Crippen molar-refractivity contribution in [3.63, 3.8) is 0 Å². The summed E-state index contributed by atoms with van der Waals surface area (Å²) in [5.74, 6) is -1.81. The van der Waals surface area contributed by atoms with Crippen molar-refractivity contribution < 1.29 is 24.4 Å². The van der Waals surface area contributed by atoms with Crippen LogP contribution in [0.2, 0.25) is 0 Å². The van der Waals surface area contributed by atoms with E-state index in [1.807, 2.05) is 6.26 Å². The fourth-order valence-electron chi connectivity index (χ4n) is 2.88. The average Bonchev–Trinajstić information content (AvgIpc) is 3.15. The first-order valence-electron chi connectivity index (χ1n) is 8.39. The Morgan fingerprint density at radius 3 is 2.78 bits per heavy atom.